The zero-order valence-electron chi connectivity index (χ0n) is 17.3. The molecule has 2 aromatic carbocycles. The molecule has 1 aliphatic rings. The lowest BCUT2D eigenvalue weighted by molar-refractivity contribution is 0.408. The van der Waals surface area contributed by atoms with Crippen LogP contribution < -0.4 is 4.74 Å². The number of aromatic nitrogens is 1. The number of ether oxygens (including phenoxy) is 1. The van der Waals surface area contributed by atoms with Gasteiger partial charge < -0.3 is 9.64 Å². The largest absolute Gasteiger partial charge is 0.496 e. The third-order valence-corrected chi connectivity index (χ3v) is 5.73. The maximum absolute atomic E-state index is 5.41. The summed E-state index contributed by atoms with van der Waals surface area (Å²) in [7, 11) is 1.73. The maximum atomic E-state index is 5.41. The van der Waals surface area contributed by atoms with Crippen LogP contribution in [0.25, 0.3) is 22.5 Å². The molecule has 0 N–H and O–H groups in total. The molecule has 0 atom stereocenters. The Kier molecular flexibility index (Phi) is 7.63. The van der Waals surface area contributed by atoms with E-state index in [0.29, 0.717) is 12.0 Å². The van der Waals surface area contributed by atoms with Gasteiger partial charge in [0.15, 0.2) is 0 Å². The molecular weight excluding hydrogens is 376 g/mol. The van der Waals surface area contributed by atoms with Gasteiger partial charge in [-0.25, -0.2) is 4.98 Å². The van der Waals surface area contributed by atoms with Crippen LogP contribution in [0.15, 0.2) is 54.7 Å². The van der Waals surface area contributed by atoms with Gasteiger partial charge in [-0.05, 0) is 54.3 Å². The molecule has 0 bridgehead atoms. The summed E-state index contributed by atoms with van der Waals surface area (Å²) in [5, 5.41) is 2.51. The quantitative estimate of drug-likeness (QED) is 0.451. The Bertz CT molecular complexity index is 1000. The van der Waals surface area contributed by atoms with Crippen molar-refractivity contribution in [2.75, 3.05) is 7.11 Å². The van der Waals surface area contributed by atoms with Crippen LogP contribution in [0.4, 0.5) is 0 Å². The first-order valence-corrected chi connectivity index (χ1v) is 10.5. The Labute approximate surface area is 179 Å². The van der Waals surface area contributed by atoms with Gasteiger partial charge in [-0.1, -0.05) is 52.1 Å². The fourth-order valence-electron chi connectivity index (χ4n) is 3.30. The molecular formula is C25H32N2OS. The van der Waals surface area contributed by atoms with E-state index >= 15 is 0 Å². The van der Waals surface area contributed by atoms with Crippen molar-refractivity contribution in [1.82, 2.24) is 9.88 Å². The molecule has 0 aliphatic carbocycles. The Morgan fingerprint density at radius 3 is 2.31 bits per heavy atom. The monoisotopic (exact) mass is 408 g/mol. The van der Waals surface area contributed by atoms with Crippen molar-refractivity contribution in [3.8, 4) is 5.75 Å². The molecule has 0 amide bonds. The minimum atomic E-state index is 0. The zero-order chi connectivity index (χ0) is 20.3. The molecule has 4 rings (SSSR count). The highest BCUT2D eigenvalue weighted by Crippen LogP contribution is 2.32. The normalized spacial score (nSPS) is 12.5. The van der Waals surface area contributed by atoms with Gasteiger partial charge in [-0.2, -0.15) is 0 Å². The second-order valence-corrected chi connectivity index (χ2v) is 8.28. The summed E-state index contributed by atoms with van der Waals surface area (Å²) in [6.45, 7) is 12.8. The fraction of sp³-hybridized carbons (Fsp3) is 0.320. The number of methoxy groups -OCH3 is 1. The third-order valence-electron chi connectivity index (χ3n) is 4.84. The highest BCUT2D eigenvalue weighted by Gasteiger charge is 2.18. The first-order chi connectivity index (χ1) is 13.4. The number of hydrogen-bond acceptors (Lipinski definition) is 4. The lowest BCUT2D eigenvalue weighted by Gasteiger charge is -2.28. The lowest BCUT2D eigenvalue weighted by atomic mass is 9.98. The molecule has 0 saturated heterocycles. The van der Waals surface area contributed by atoms with E-state index in [2.05, 4.69) is 86.8 Å². The molecule has 1 aliphatic heterocycles. The van der Waals surface area contributed by atoms with E-state index in [0.717, 1.165) is 17.1 Å². The predicted molar refractivity (Wildman–Crippen MR) is 128 cm³/mol. The Balaban J connectivity index is 0.000000202. The van der Waals surface area contributed by atoms with E-state index in [4.69, 9.17) is 4.74 Å². The molecule has 3 nitrogen and oxygen atoms in total. The summed E-state index contributed by atoms with van der Waals surface area (Å²) in [4.78, 5) is 7.60. The van der Waals surface area contributed by atoms with Gasteiger partial charge in [0.25, 0.3) is 0 Å². The third kappa shape index (κ3) is 4.88. The number of fused-ring (bicyclic) bond motifs is 2. The predicted octanol–water partition coefficient (Wildman–Crippen LogP) is 7.42. The Morgan fingerprint density at radius 2 is 1.72 bits per heavy atom. The molecule has 1 aromatic heterocycles. The maximum Gasteiger partial charge on any atom is 0.122 e. The minimum absolute atomic E-state index is 0. The molecule has 4 heteroatoms. The topological polar surface area (TPSA) is 25.4 Å². The molecule has 154 valence electrons. The van der Waals surface area contributed by atoms with E-state index in [-0.39, 0.29) is 7.43 Å². The van der Waals surface area contributed by atoms with Crippen molar-refractivity contribution in [3.63, 3.8) is 0 Å². The minimum Gasteiger partial charge on any atom is -0.496 e. The SMILES string of the molecule is C.C=C1c2scnc2C=CN1C(C)C.COc1cc2ccccc2cc1C(C)C. The van der Waals surface area contributed by atoms with Crippen LogP contribution in [-0.2, 0) is 0 Å². The van der Waals surface area contributed by atoms with Crippen LogP contribution in [0, 0.1) is 0 Å². The van der Waals surface area contributed by atoms with Crippen molar-refractivity contribution >= 4 is 33.9 Å². The lowest BCUT2D eigenvalue weighted by Crippen LogP contribution is -2.24. The smallest absolute Gasteiger partial charge is 0.122 e. The molecule has 3 aromatic rings. The van der Waals surface area contributed by atoms with Crippen LogP contribution in [0.1, 0.15) is 57.2 Å². The molecule has 2 heterocycles. The number of nitrogens with zero attached hydrogens (tertiary/aromatic N) is 2. The molecule has 0 saturated carbocycles. The van der Waals surface area contributed by atoms with E-state index < -0.39 is 0 Å². The Hall–Kier alpha value is -2.59. The van der Waals surface area contributed by atoms with Crippen molar-refractivity contribution < 1.29 is 4.74 Å². The van der Waals surface area contributed by atoms with Crippen LogP contribution in [0.2, 0.25) is 0 Å². The number of rotatable bonds is 3. The van der Waals surface area contributed by atoms with Gasteiger partial charge in [0.05, 0.1) is 28.9 Å². The van der Waals surface area contributed by atoms with Crippen LogP contribution >= 0.6 is 11.3 Å². The summed E-state index contributed by atoms with van der Waals surface area (Å²) in [5.74, 6) is 1.48. The fourth-order valence-corrected chi connectivity index (χ4v) is 4.05. The zero-order valence-corrected chi connectivity index (χ0v) is 18.1. The van der Waals surface area contributed by atoms with Crippen LogP contribution in [-0.4, -0.2) is 23.0 Å². The molecule has 0 unspecified atom stereocenters. The summed E-state index contributed by atoms with van der Waals surface area (Å²) in [6, 6.07) is 13.2. The molecule has 0 fully saturated rings. The summed E-state index contributed by atoms with van der Waals surface area (Å²) < 4.78 is 5.41. The van der Waals surface area contributed by atoms with Gasteiger partial charge in [0.2, 0.25) is 0 Å². The Morgan fingerprint density at radius 1 is 1.07 bits per heavy atom. The average molecular weight is 409 g/mol. The van der Waals surface area contributed by atoms with Gasteiger partial charge in [-0.3, -0.25) is 0 Å². The summed E-state index contributed by atoms with van der Waals surface area (Å²) in [6.07, 6.45) is 4.09. The number of benzene rings is 2. The highest BCUT2D eigenvalue weighted by molar-refractivity contribution is 7.11. The van der Waals surface area contributed by atoms with E-state index in [1.807, 2.05) is 11.6 Å². The molecule has 0 spiro atoms. The van der Waals surface area contributed by atoms with E-state index in [1.54, 1.807) is 18.4 Å². The second-order valence-electron chi connectivity index (χ2n) is 7.43. The van der Waals surface area contributed by atoms with Crippen LogP contribution in [0.5, 0.6) is 5.75 Å². The second kappa shape index (κ2) is 9.75. The van der Waals surface area contributed by atoms with Gasteiger partial charge in [-0.15, -0.1) is 11.3 Å². The first kappa shape index (κ1) is 22.7. The van der Waals surface area contributed by atoms with Gasteiger partial charge in [0.1, 0.15) is 5.75 Å². The van der Waals surface area contributed by atoms with E-state index in [1.165, 1.54) is 21.2 Å². The number of thiazole rings is 1. The van der Waals surface area contributed by atoms with Gasteiger partial charge >= 0.3 is 0 Å². The average Bonchev–Trinajstić information content (AvgIpc) is 3.17. The van der Waals surface area contributed by atoms with Crippen molar-refractivity contribution in [2.24, 2.45) is 0 Å². The van der Waals surface area contributed by atoms with Crippen molar-refractivity contribution in [2.45, 2.75) is 47.1 Å². The van der Waals surface area contributed by atoms with Crippen molar-refractivity contribution in [1.29, 1.82) is 0 Å². The molecule has 29 heavy (non-hydrogen) atoms. The van der Waals surface area contributed by atoms with E-state index in [9.17, 15) is 0 Å². The van der Waals surface area contributed by atoms with Crippen molar-refractivity contribution in [3.05, 3.63) is 70.8 Å². The highest BCUT2D eigenvalue weighted by atomic mass is 32.1. The first-order valence-electron chi connectivity index (χ1n) is 9.58. The molecule has 0 radical (unpaired) electrons. The summed E-state index contributed by atoms with van der Waals surface area (Å²) >= 11 is 1.65. The van der Waals surface area contributed by atoms with Crippen LogP contribution in [0.3, 0.4) is 0 Å². The summed E-state index contributed by atoms with van der Waals surface area (Å²) in [5.41, 5.74) is 5.25. The standard InChI is InChI=1S/C14H16O.C10H12N2S.CH4/c1-10(2)13-8-11-6-4-5-7-12(11)9-14(13)15-3;1-7(2)12-5-4-9-10(8(12)3)13-6-11-9;/h4-10H,1-3H3;4-7H,3H2,1-2H3;1H4. The number of hydrogen-bond donors (Lipinski definition) is 0. The van der Waals surface area contributed by atoms with Gasteiger partial charge in [0, 0.05) is 12.2 Å².